The van der Waals surface area contributed by atoms with Gasteiger partial charge in [0.2, 0.25) is 0 Å². The molecule has 0 unspecified atom stereocenters. The van der Waals surface area contributed by atoms with Crippen molar-refractivity contribution in [2.24, 2.45) is 0 Å². The van der Waals surface area contributed by atoms with Crippen LogP contribution in [0, 0.1) is 12.7 Å². The summed E-state index contributed by atoms with van der Waals surface area (Å²) in [4.78, 5) is 17.4. The molecule has 7 nitrogen and oxygen atoms in total. The van der Waals surface area contributed by atoms with Gasteiger partial charge in [0.25, 0.3) is 10.0 Å². The SMILES string of the molecule is Cc1ccc(F)cc1S(=O)(=O)Nc1cnc(N2CCCC2)c(C(=O)O)c1. The lowest BCUT2D eigenvalue weighted by Gasteiger charge is -2.19. The van der Waals surface area contributed by atoms with Crippen molar-refractivity contribution in [2.75, 3.05) is 22.7 Å². The van der Waals surface area contributed by atoms with Crippen molar-refractivity contribution in [3.8, 4) is 0 Å². The lowest BCUT2D eigenvalue weighted by atomic mass is 10.2. The van der Waals surface area contributed by atoms with Gasteiger partial charge >= 0.3 is 5.97 Å². The molecule has 2 heterocycles. The molecule has 2 aromatic rings. The molecular weight excluding hydrogens is 361 g/mol. The van der Waals surface area contributed by atoms with Gasteiger partial charge in [0, 0.05) is 13.1 Å². The van der Waals surface area contributed by atoms with Crippen LogP contribution in [0.25, 0.3) is 0 Å². The fourth-order valence-corrected chi connectivity index (χ4v) is 4.22. The molecule has 1 fully saturated rings. The molecule has 1 aromatic carbocycles. The Labute approximate surface area is 150 Å². The average molecular weight is 379 g/mol. The highest BCUT2D eigenvalue weighted by molar-refractivity contribution is 7.92. The maximum absolute atomic E-state index is 13.4. The number of benzene rings is 1. The van der Waals surface area contributed by atoms with E-state index in [9.17, 15) is 22.7 Å². The highest BCUT2D eigenvalue weighted by Crippen LogP contribution is 2.26. The fraction of sp³-hybridized carbons (Fsp3) is 0.294. The van der Waals surface area contributed by atoms with E-state index in [-0.39, 0.29) is 16.1 Å². The van der Waals surface area contributed by atoms with Crippen molar-refractivity contribution < 1.29 is 22.7 Å². The van der Waals surface area contributed by atoms with E-state index < -0.39 is 21.8 Å². The first-order valence-corrected chi connectivity index (χ1v) is 9.53. The molecule has 0 radical (unpaired) electrons. The number of sulfonamides is 1. The number of carbonyl (C=O) groups is 1. The fourth-order valence-electron chi connectivity index (χ4n) is 2.93. The summed E-state index contributed by atoms with van der Waals surface area (Å²) in [6, 6.07) is 4.68. The standard InChI is InChI=1S/C17H18FN3O4S/c1-11-4-5-12(18)8-15(11)26(24,25)20-13-9-14(17(22)23)16(19-10-13)21-6-2-3-7-21/h4-5,8-10,20H,2-3,6-7H2,1H3,(H,22,23). The van der Waals surface area contributed by atoms with E-state index in [0.29, 0.717) is 24.5 Å². The number of aromatic carboxylic acids is 1. The summed E-state index contributed by atoms with van der Waals surface area (Å²) in [5, 5.41) is 9.45. The molecular formula is C17H18FN3O4S. The normalized spacial score (nSPS) is 14.5. The summed E-state index contributed by atoms with van der Waals surface area (Å²) in [5.74, 6) is -1.55. The van der Waals surface area contributed by atoms with Gasteiger partial charge in [-0.1, -0.05) is 6.07 Å². The van der Waals surface area contributed by atoms with Crippen LogP contribution >= 0.6 is 0 Å². The Bertz CT molecular complexity index is 956. The van der Waals surface area contributed by atoms with E-state index in [4.69, 9.17) is 0 Å². The van der Waals surface area contributed by atoms with Crippen LogP contribution < -0.4 is 9.62 Å². The third kappa shape index (κ3) is 3.62. The summed E-state index contributed by atoms with van der Waals surface area (Å²) in [7, 11) is -4.08. The molecule has 9 heteroatoms. The predicted molar refractivity (Wildman–Crippen MR) is 94.6 cm³/mol. The first-order chi connectivity index (χ1) is 12.3. The number of aromatic nitrogens is 1. The monoisotopic (exact) mass is 379 g/mol. The van der Waals surface area contributed by atoms with Crippen LogP contribution in [0.15, 0.2) is 35.4 Å². The Kier molecular flexibility index (Phi) is 4.82. The van der Waals surface area contributed by atoms with E-state index in [0.717, 1.165) is 18.9 Å². The van der Waals surface area contributed by atoms with Gasteiger partial charge in [-0.15, -0.1) is 0 Å². The third-order valence-electron chi connectivity index (χ3n) is 4.19. The number of nitrogens with one attached hydrogen (secondary N) is 1. The van der Waals surface area contributed by atoms with Crippen LogP contribution in [-0.2, 0) is 10.0 Å². The molecule has 0 atom stereocenters. The molecule has 2 N–H and O–H groups in total. The topological polar surface area (TPSA) is 99.6 Å². The van der Waals surface area contributed by atoms with Crippen molar-refractivity contribution >= 4 is 27.5 Å². The second kappa shape index (κ2) is 6.91. The number of carboxylic acid groups (broad SMARTS) is 1. The van der Waals surface area contributed by atoms with E-state index in [1.54, 1.807) is 6.92 Å². The van der Waals surface area contributed by atoms with Gasteiger partial charge in [-0.2, -0.15) is 0 Å². The zero-order valence-corrected chi connectivity index (χ0v) is 14.9. The number of aryl methyl sites for hydroxylation is 1. The van der Waals surface area contributed by atoms with E-state index in [2.05, 4.69) is 9.71 Å². The van der Waals surface area contributed by atoms with Gasteiger partial charge in [-0.05, 0) is 43.5 Å². The van der Waals surface area contributed by atoms with Gasteiger partial charge < -0.3 is 10.0 Å². The van der Waals surface area contributed by atoms with Crippen LogP contribution in [0.1, 0.15) is 28.8 Å². The molecule has 1 aliphatic rings. The summed E-state index contributed by atoms with van der Waals surface area (Å²) in [6.45, 7) is 2.97. The number of nitrogens with zero attached hydrogens (tertiary/aromatic N) is 2. The molecule has 1 aliphatic heterocycles. The third-order valence-corrected chi connectivity index (χ3v) is 5.72. The lowest BCUT2D eigenvalue weighted by Crippen LogP contribution is -2.22. The van der Waals surface area contributed by atoms with Gasteiger partial charge in [-0.25, -0.2) is 22.6 Å². The van der Waals surface area contributed by atoms with Crippen molar-refractivity contribution in [1.29, 1.82) is 0 Å². The van der Waals surface area contributed by atoms with Crippen molar-refractivity contribution in [3.63, 3.8) is 0 Å². The summed E-state index contributed by atoms with van der Waals surface area (Å²) >= 11 is 0. The largest absolute Gasteiger partial charge is 0.478 e. The van der Waals surface area contributed by atoms with Crippen LogP contribution in [-0.4, -0.2) is 37.6 Å². The Morgan fingerprint density at radius 2 is 1.96 bits per heavy atom. The smallest absolute Gasteiger partial charge is 0.339 e. The zero-order valence-electron chi connectivity index (χ0n) is 14.1. The van der Waals surface area contributed by atoms with Crippen molar-refractivity contribution in [3.05, 3.63) is 47.4 Å². The first kappa shape index (κ1) is 18.1. The highest BCUT2D eigenvalue weighted by atomic mass is 32.2. The number of halogens is 1. The molecule has 0 amide bonds. The highest BCUT2D eigenvalue weighted by Gasteiger charge is 2.23. The molecule has 0 bridgehead atoms. The zero-order chi connectivity index (χ0) is 18.9. The van der Waals surface area contributed by atoms with Crippen LogP contribution in [0.5, 0.6) is 0 Å². The molecule has 26 heavy (non-hydrogen) atoms. The van der Waals surface area contributed by atoms with Crippen molar-refractivity contribution in [1.82, 2.24) is 4.98 Å². The molecule has 3 rings (SSSR count). The summed E-state index contributed by atoms with van der Waals surface area (Å²) in [5.41, 5.74) is 0.302. The minimum Gasteiger partial charge on any atom is -0.478 e. The number of carboxylic acids is 1. The second-order valence-electron chi connectivity index (χ2n) is 6.11. The summed E-state index contributed by atoms with van der Waals surface area (Å²) < 4.78 is 40.8. The average Bonchev–Trinajstić information content (AvgIpc) is 3.11. The van der Waals surface area contributed by atoms with E-state index >= 15 is 0 Å². The number of pyridine rings is 1. The quantitative estimate of drug-likeness (QED) is 0.828. The molecule has 0 spiro atoms. The van der Waals surface area contributed by atoms with E-state index in [1.165, 1.54) is 24.4 Å². The van der Waals surface area contributed by atoms with Gasteiger partial charge in [0.15, 0.2) is 0 Å². The maximum Gasteiger partial charge on any atom is 0.339 e. The van der Waals surface area contributed by atoms with Gasteiger partial charge in [0.1, 0.15) is 17.2 Å². The minimum absolute atomic E-state index is 0.00834. The van der Waals surface area contributed by atoms with Gasteiger partial charge in [0.05, 0.1) is 16.8 Å². The molecule has 0 saturated carbocycles. The van der Waals surface area contributed by atoms with Crippen LogP contribution in [0.4, 0.5) is 15.9 Å². The first-order valence-electron chi connectivity index (χ1n) is 8.05. The predicted octanol–water partition coefficient (Wildman–Crippen LogP) is 2.63. The minimum atomic E-state index is -4.08. The summed E-state index contributed by atoms with van der Waals surface area (Å²) in [6.07, 6.45) is 3.17. The number of anilines is 2. The molecule has 138 valence electrons. The Morgan fingerprint density at radius 3 is 2.62 bits per heavy atom. The molecule has 0 aliphatic carbocycles. The number of hydrogen-bond donors (Lipinski definition) is 2. The second-order valence-corrected chi connectivity index (χ2v) is 7.76. The number of rotatable bonds is 5. The van der Waals surface area contributed by atoms with E-state index in [1.807, 2.05) is 4.90 Å². The molecule has 1 saturated heterocycles. The Hall–Kier alpha value is -2.68. The van der Waals surface area contributed by atoms with Crippen LogP contribution in [0.2, 0.25) is 0 Å². The molecule has 1 aromatic heterocycles. The Balaban J connectivity index is 1.95. The van der Waals surface area contributed by atoms with Gasteiger partial charge in [-0.3, -0.25) is 4.72 Å². The maximum atomic E-state index is 13.4. The lowest BCUT2D eigenvalue weighted by molar-refractivity contribution is 0.0697. The number of hydrogen-bond acceptors (Lipinski definition) is 5. The Morgan fingerprint density at radius 1 is 1.27 bits per heavy atom. The van der Waals surface area contributed by atoms with Crippen molar-refractivity contribution in [2.45, 2.75) is 24.7 Å². The van der Waals surface area contributed by atoms with Crippen LogP contribution in [0.3, 0.4) is 0 Å².